The fourth-order valence-corrected chi connectivity index (χ4v) is 2.55. The predicted molar refractivity (Wildman–Crippen MR) is 81.1 cm³/mol. The van der Waals surface area contributed by atoms with Gasteiger partial charge in [0.25, 0.3) is 0 Å². The molecule has 0 aromatic heterocycles. The highest BCUT2D eigenvalue weighted by atomic mass is 19.1. The standard InChI is InChI=1S/C16H23FN2O3/c1-16(2,3)22-15(20)19-8-7-12(18)14-10(9-19)11(17)5-6-13(14)21-4/h5-6,12H,7-9,18H2,1-4H3/t12-/m1/s1. The zero-order valence-electron chi connectivity index (χ0n) is 13.5. The minimum Gasteiger partial charge on any atom is -0.496 e. The largest absolute Gasteiger partial charge is 0.496 e. The molecular weight excluding hydrogens is 287 g/mol. The van der Waals surface area contributed by atoms with Crippen molar-refractivity contribution in [3.63, 3.8) is 0 Å². The molecule has 1 atom stereocenters. The van der Waals surface area contributed by atoms with Crippen molar-refractivity contribution in [3.05, 3.63) is 29.1 Å². The first-order valence-electron chi connectivity index (χ1n) is 7.31. The van der Waals surface area contributed by atoms with E-state index in [1.807, 2.05) is 0 Å². The van der Waals surface area contributed by atoms with Crippen LogP contribution in [0.4, 0.5) is 9.18 Å². The number of methoxy groups -OCH3 is 1. The quantitative estimate of drug-likeness (QED) is 0.866. The number of ether oxygens (including phenoxy) is 2. The normalized spacial score (nSPS) is 18.5. The van der Waals surface area contributed by atoms with Gasteiger partial charge in [-0.15, -0.1) is 0 Å². The number of benzene rings is 1. The molecule has 0 spiro atoms. The highest BCUT2D eigenvalue weighted by molar-refractivity contribution is 5.68. The van der Waals surface area contributed by atoms with Gasteiger partial charge in [-0.2, -0.15) is 0 Å². The van der Waals surface area contributed by atoms with Crippen molar-refractivity contribution >= 4 is 6.09 Å². The summed E-state index contributed by atoms with van der Waals surface area (Å²) in [6.45, 7) is 5.93. The molecule has 1 aromatic rings. The van der Waals surface area contributed by atoms with Crippen molar-refractivity contribution < 1.29 is 18.7 Å². The lowest BCUT2D eigenvalue weighted by Crippen LogP contribution is -2.36. The summed E-state index contributed by atoms with van der Waals surface area (Å²) >= 11 is 0. The topological polar surface area (TPSA) is 64.8 Å². The lowest BCUT2D eigenvalue weighted by molar-refractivity contribution is 0.0233. The molecule has 1 heterocycles. The number of fused-ring (bicyclic) bond motifs is 1. The Kier molecular flexibility index (Phi) is 4.60. The maximum absolute atomic E-state index is 14.2. The van der Waals surface area contributed by atoms with Gasteiger partial charge in [-0.1, -0.05) is 0 Å². The number of nitrogens with zero attached hydrogens (tertiary/aromatic N) is 1. The smallest absolute Gasteiger partial charge is 0.410 e. The van der Waals surface area contributed by atoms with E-state index in [-0.39, 0.29) is 18.4 Å². The number of carbonyl (C=O) groups excluding carboxylic acids is 1. The summed E-state index contributed by atoms with van der Waals surface area (Å²) < 4.78 is 24.9. The Balaban J connectivity index is 2.34. The van der Waals surface area contributed by atoms with E-state index in [2.05, 4.69) is 0 Å². The summed E-state index contributed by atoms with van der Waals surface area (Å²) in [5.74, 6) is 0.164. The fourth-order valence-electron chi connectivity index (χ4n) is 2.55. The average Bonchev–Trinajstić information content (AvgIpc) is 2.58. The Morgan fingerprint density at radius 3 is 2.68 bits per heavy atom. The van der Waals surface area contributed by atoms with Gasteiger partial charge < -0.3 is 20.1 Å². The molecule has 0 bridgehead atoms. The van der Waals surface area contributed by atoms with Crippen LogP contribution in [0.2, 0.25) is 0 Å². The third-order valence-corrected chi connectivity index (χ3v) is 3.56. The van der Waals surface area contributed by atoms with Gasteiger partial charge in [0.1, 0.15) is 17.2 Å². The summed E-state index contributed by atoms with van der Waals surface area (Å²) in [5.41, 5.74) is 6.59. The summed E-state index contributed by atoms with van der Waals surface area (Å²) in [7, 11) is 1.52. The van der Waals surface area contributed by atoms with E-state index in [4.69, 9.17) is 15.2 Å². The number of hydrogen-bond acceptors (Lipinski definition) is 4. The van der Waals surface area contributed by atoms with Crippen molar-refractivity contribution in [2.24, 2.45) is 5.73 Å². The lowest BCUT2D eigenvalue weighted by atomic mass is 9.98. The van der Waals surface area contributed by atoms with Crippen LogP contribution < -0.4 is 10.5 Å². The van der Waals surface area contributed by atoms with E-state index in [1.165, 1.54) is 18.1 Å². The number of amides is 1. The van der Waals surface area contributed by atoms with E-state index < -0.39 is 11.7 Å². The molecule has 0 aliphatic carbocycles. The van der Waals surface area contributed by atoms with Crippen LogP contribution in [-0.2, 0) is 11.3 Å². The van der Waals surface area contributed by atoms with Crippen LogP contribution in [0.5, 0.6) is 5.75 Å². The second-order valence-electron chi connectivity index (χ2n) is 6.44. The van der Waals surface area contributed by atoms with Crippen LogP contribution >= 0.6 is 0 Å². The molecule has 0 unspecified atom stereocenters. The number of halogens is 1. The minimum absolute atomic E-state index is 0.126. The molecule has 2 N–H and O–H groups in total. The Morgan fingerprint density at radius 2 is 2.09 bits per heavy atom. The molecule has 1 amide bonds. The SMILES string of the molecule is COc1ccc(F)c2c1[C@H](N)CCN(C(=O)OC(C)(C)C)C2. The van der Waals surface area contributed by atoms with E-state index in [0.717, 1.165) is 0 Å². The highest BCUT2D eigenvalue weighted by Gasteiger charge is 2.30. The fraction of sp³-hybridized carbons (Fsp3) is 0.562. The molecular formula is C16H23FN2O3. The Labute approximate surface area is 130 Å². The second kappa shape index (κ2) is 6.12. The van der Waals surface area contributed by atoms with Gasteiger partial charge in [-0.25, -0.2) is 9.18 Å². The maximum atomic E-state index is 14.2. The molecule has 6 heteroatoms. The van der Waals surface area contributed by atoms with Crippen molar-refractivity contribution in [1.29, 1.82) is 0 Å². The second-order valence-corrected chi connectivity index (χ2v) is 6.44. The Morgan fingerprint density at radius 1 is 1.41 bits per heavy atom. The number of rotatable bonds is 1. The van der Waals surface area contributed by atoms with E-state index in [9.17, 15) is 9.18 Å². The molecule has 5 nitrogen and oxygen atoms in total. The first kappa shape index (κ1) is 16.5. The van der Waals surface area contributed by atoms with Crippen LogP contribution in [0, 0.1) is 5.82 Å². The average molecular weight is 310 g/mol. The van der Waals surface area contributed by atoms with Crippen LogP contribution in [-0.4, -0.2) is 30.2 Å². The molecule has 1 aliphatic rings. The van der Waals surface area contributed by atoms with Crippen molar-refractivity contribution in [3.8, 4) is 5.75 Å². The molecule has 1 aliphatic heterocycles. The zero-order valence-corrected chi connectivity index (χ0v) is 13.5. The van der Waals surface area contributed by atoms with Gasteiger partial charge in [0.15, 0.2) is 0 Å². The van der Waals surface area contributed by atoms with Crippen LogP contribution in [0.15, 0.2) is 12.1 Å². The first-order valence-corrected chi connectivity index (χ1v) is 7.31. The highest BCUT2D eigenvalue weighted by Crippen LogP contribution is 2.34. The molecule has 22 heavy (non-hydrogen) atoms. The van der Waals surface area contributed by atoms with Gasteiger partial charge in [-0.05, 0) is 39.3 Å². The third kappa shape index (κ3) is 3.50. The van der Waals surface area contributed by atoms with Crippen molar-refractivity contribution in [2.45, 2.75) is 45.4 Å². The first-order chi connectivity index (χ1) is 10.2. The molecule has 2 rings (SSSR count). The maximum Gasteiger partial charge on any atom is 0.410 e. The van der Waals surface area contributed by atoms with E-state index in [0.29, 0.717) is 29.8 Å². The predicted octanol–water partition coefficient (Wildman–Crippen LogP) is 2.97. The summed E-state index contributed by atoms with van der Waals surface area (Å²) in [5, 5.41) is 0. The molecule has 0 fully saturated rings. The van der Waals surface area contributed by atoms with Gasteiger partial charge in [0.05, 0.1) is 13.7 Å². The monoisotopic (exact) mass is 310 g/mol. The van der Waals surface area contributed by atoms with Gasteiger partial charge in [0.2, 0.25) is 0 Å². The van der Waals surface area contributed by atoms with Gasteiger partial charge in [0, 0.05) is 23.7 Å². The van der Waals surface area contributed by atoms with Crippen LogP contribution in [0.25, 0.3) is 0 Å². The van der Waals surface area contributed by atoms with Crippen LogP contribution in [0.1, 0.15) is 44.4 Å². The molecule has 0 radical (unpaired) electrons. The third-order valence-electron chi connectivity index (χ3n) is 3.56. The minimum atomic E-state index is -0.596. The lowest BCUT2D eigenvalue weighted by Gasteiger charge is -2.26. The molecule has 0 saturated heterocycles. The number of hydrogen-bond donors (Lipinski definition) is 1. The molecule has 122 valence electrons. The molecule has 1 aromatic carbocycles. The molecule has 0 saturated carbocycles. The van der Waals surface area contributed by atoms with Gasteiger partial charge >= 0.3 is 6.09 Å². The Hall–Kier alpha value is -1.82. The van der Waals surface area contributed by atoms with Crippen molar-refractivity contribution in [1.82, 2.24) is 4.90 Å². The number of nitrogens with two attached hydrogens (primary N) is 1. The summed E-state index contributed by atoms with van der Waals surface area (Å²) in [6.07, 6.45) is 0.0567. The number of carbonyl (C=O) groups is 1. The van der Waals surface area contributed by atoms with Gasteiger partial charge in [-0.3, -0.25) is 0 Å². The van der Waals surface area contributed by atoms with E-state index >= 15 is 0 Å². The van der Waals surface area contributed by atoms with Crippen LogP contribution in [0.3, 0.4) is 0 Å². The summed E-state index contributed by atoms with van der Waals surface area (Å²) in [4.78, 5) is 13.7. The Bertz CT molecular complexity index is 569. The van der Waals surface area contributed by atoms with E-state index in [1.54, 1.807) is 26.8 Å². The van der Waals surface area contributed by atoms with Crippen molar-refractivity contribution in [2.75, 3.05) is 13.7 Å². The summed E-state index contributed by atoms with van der Waals surface area (Å²) in [6, 6.07) is 2.52. The zero-order chi connectivity index (χ0) is 16.5.